The van der Waals surface area contributed by atoms with Gasteiger partial charge in [-0.15, -0.1) is 0 Å². The predicted molar refractivity (Wildman–Crippen MR) is 75.0 cm³/mol. The lowest BCUT2D eigenvalue weighted by molar-refractivity contribution is 0.0981. The molecule has 1 N–H and O–H groups in total. The molecule has 8 nitrogen and oxygen atoms in total. The Morgan fingerprint density at radius 2 is 2.19 bits per heavy atom. The van der Waals surface area contributed by atoms with Crippen LogP contribution in [0, 0.1) is 11.3 Å². The number of nitrogens with one attached hydrogen (secondary N) is 1. The summed E-state index contributed by atoms with van der Waals surface area (Å²) >= 11 is 0. The summed E-state index contributed by atoms with van der Waals surface area (Å²) in [6, 6.07) is 1.46. The maximum absolute atomic E-state index is 12.0. The van der Waals surface area contributed by atoms with E-state index in [0.29, 0.717) is 19.6 Å². The third-order valence-corrected chi connectivity index (χ3v) is 3.50. The van der Waals surface area contributed by atoms with Crippen LogP contribution in [0.5, 0.6) is 0 Å². The van der Waals surface area contributed by atoms with Gasteiger partial charge in [0.2, 0.25) is 0 Å². The van der Waals surface area contributed by atoms with Crippen molar-refractivity contribution in [2.45, 2.75) is 19.4 Å². The molecule has 1 aliphatic heterocycles. The Bertz CT molecular complexity index is 693. The van der Waals surface area contributed by atoms with Gasteiger partial charge in [-0.3, -0.25) is 14.3 Å². The van der Waals surface area contributed by atoms with Crippen molar-refractivity contribution in [3.8, 4) is 6.07 Å². The Labute approximate surface area is 121 Å². The molecule has 21 heavy (non-hydrogen) atoms. The Hall–Kier alpha value is -2.56. The van der Waals surface area contributed by atoms with E-state index in [2.05, 4.69) is 4.98 Å². The van der Waals surface area contributed by atoms with Gasteiger partial charge in [0.15, 0.2) is 0 Å². The van der Waals surface area contributed by atoms with E-state index in [1.165, 1.54) is 10.8 Å². The number of hydrogen-bond acceptors (Lipinski definition) is 4. The summed E-state index contributed by atoms with van der Waals surface area (Å²) in [5, 5.41) is 8.82. The van der Waals surface area contributed by atoms with E-state index in [0.717, 1.165) is 6.42 Å². The number of H-pyrrole nitrogens is 1. The SMILES string of the molecule is CCCN(C)C(=O)N1CC(n2cc(C#N)c(=O)[nH]c2=O)C1. The van der Waals surface area contributed by atoms with Gasteiger partial charge in [0.1, 0.15) is 11.6 Å². The van der Waals surface area contributed by atoms with Crippen LogP contribution in [0.2, 0.25) is 0 Å². The van der Waals surface area contributed by atoms with E-state index in [-0.39, 0.29) is 17.6 Å². The first-order chi connectivity index (χ1) is 9.97. The molecule has 2 rings (SSSR count). The minimum Gasteiger partial charge on any atom is -0.328 e. The van der Waals surface area contributed by atoms with Crippen molar-refractivity contribution < 1.29 is 4.79 Å². The van der Waals surface area contributed by atoms with Crippen molar-refractivity contribution in [1.82, 2.24) is 19.4 Å². The molecule has 1 saturated heterocycles. The van der Waals surface area contributed by atoms with Gasteiger partial charge >= 0.3 is 11.7 Å². The molecule has 8 heteroatoms. The monoisotopic (exact) mass is 291 g/mol. The Morgan fingerprint density at radius 3 is 2.76 bits per heavy atom. The molecule has 1 aromatic rings. The second-order valence-electron chi connectivity index (χ2n) is 5.08. The predicted octanol–water partition coefficient (Wildman–Crippen LogP) is -0.273. The standard InChI is InChI=1S/C13H17N5O3/c1-3-4-16(2)13(21)17-7-10(8-17)18-6-9(5-14)11(19)15-12(18)20/h6,10H,3-4,7-8H2,1-2H3,(H,15,19,20). The largest absolute Gasteiger partial charge is 0.328 e. The number of likely N-dealkylation sites (tertiary alicyclic amines) is 1. The van der Waals surface area contributed by atoms with Crippen LogP contribution < -0.4 is 11.2 Å². The van der Waals surface area contributed by atoms with Gasteiger partial charge in [0, 0.05) is 32.9 Å². The molecule has 0 spiro atoms. The van der Waals surface area contributed by atoms with Crippen LogP contribution in [0.3, 0.4) is 0 Å². The van der Waals surface area contributed by atoms with Gasteiger partial charge in [0.25, 0.3) is 5.56 Å². The highest BCUT2D eigenvalue weighted by Crippen LogP contribution is 2.20. The number of urea groups is 1. The maximum Gasteiger partial charge on any atom is 0.328 e. The second-order valence-corrected chi connectivity index (χ2v) is 5.08. The first kappa shape index (κ1) is 14.8. The number of aromatic nitrogens is 2. The lowest BCUT2D eigenvalue weighted by Gasteiger charge is -2.41. The number of amides is 2. The lowest BCUT2D eigenvalue weighted by Crippen LogP contribution is -2.56. The molecule has 0 unspecified atom stereocenters. The summed E-state index contributed by atoms with van der Waals surface area (Å²) in [7, 11) is 1.74. The fourth-order valence-corrected chi connectivity index (χ4v) is 2.30. The summed E-state index contributed by atoms with van der Waals surface area (Å²) in [5.41, 5.74) is -1.35. The third kappa shape index (κ3) is 2.81. The van der Waals surface area contributed by atoms with Crippen molar-refractivity contribution in [2.75, 3.05) is 26.7 Å². The molecule has 112 valence electrons. The fraction of sp³-hybridized carbons (Fsp3) is 0.538. The molecular formula is C13H17N5O3. The highest BCUT2D eigenvalue weighted by molar-refractivity contribution is 5.75. The average molecular weight is 291 g/mol. The van der Waals surface area contributed by atoms with Gasteiger partial charge < -0.3 is 9.80 Å². The summed E-state index contributed by atoms with van der Waals surface area (Å²) in [5.74, 6) is 0. The van der Waals surface area contributed by atoms with Crippen LogP contribution in [0.1, 0.15) is 24.9 Å². The number of rotatable bonds is 3. The molecule has 2 amide bonds. The van der Waals surface area contributed by atoms with Crippen molar-refractivity contribution in [2.24, 2.45) is 0 Å². The maximum atomic E-state index is 12.0. The highest BCUT2D eigenvalue weighted by Gasteiger charge is 2.34. The molecule has 0 atom stereocenters. The number of hydrogen-bond donors (Lipinski definition) is 1. The fourth-order valence-electron chi connectivity index (χ4n) is 2.30. The molecule has 0 bridgehead atoms. The van der Waals surface area contributed by atoms with E-state index in [4.69, 9.17) is 5.26 Å². The molecule has 1 fully saturated rings. The normalized spacial score (nSPS) is 14.4. The van der Waals surface area contributed by atoms with Crippen LogP contribution >= 0.6 is 0 Å². The van der Waals surface area contributed by atoms with Crippen LogP contribution in [0.15, 0.2) is 15.8 Å². The molecule has 0 radical (unpaired) electrons. The quantitative estimate of drug-likeness (QED) is 0.827. The molecule has 0 aliphatic carbocycles. The van der Waals surface area contributed by atoms with Crippen LogP contribution in [-0.2, 0) is 0 Å². The minimum atomic E-state index is -0.686. The van der Waals surface area contributed by atoms with Crippen molar-refractivity contribution >= 4 is 6.03 Å². The zero-order valence-electron chi connectivity index (χ0n) is 12.0. The number of carbonyl (C=O) groups excluding carboxylic acids is 1. The molecule has 0 aromatic carbocycles. The summed E-state index contributed by atoms with van der Waals surface area (Å²) in [4.78, 5) is 40.4. The molecule has 1 aromatic heterocycles. The van der Waals surface area contributed by atoms with E-state index in [1.807, 2.05) is 6.92 Å². The summed E-state index contributed by atoms with van der Waals surface area (Å²) in [6.45, 7) is 3.45. The summed E-state index contributed by atoms with van der Waals surface area (Å²) < 4.78 is 1.31. The molecular weight excluding hydrogens is 274 g/mol. The summed E-state index contributed by atoms with van der Waals surface area (Å²) in [6.07, 6.45) is 2.13. The Kier molecular flexibility index (Phi) is 4.12. The Morgan fingerprint density at radius 1 is 1.52 bits per heavy atom. The number of nitrogens with zero attached hydrogens (tertiary/aromatic N) is 4. The van der Waals surface area contributed by atoms with Gasteiger partial charge in [-0.05, 0) is 6.42 Å². The van der Waals surface area contributed by atoms with Gasteiger partial charge in [-0.2, -0.15) is 5.26 Å². The first-order valence-corrected chi connectivity index (χ1v) is 6.73. The number of carbonyl (C=O) groups is 1. The van der Waals surface area contributed by atoms with Crippen molar-refractivity contribution in [3.63, 3.8) is 0 Å². The molecule has 1 aliphatic rings. The van der Waals surface area contributed by atoms with E-state index in [9.17, 15) is 14.4 Å². The van der Waals surface area contributed by atoms with E-state index in [1.54, 1.807) is 22.9 Å². The van der Waals surface area contributed by atoms with E-state index >= 15 is 0 Å². The van der Waals surface area contributed by atoms with Crippen molar-refractivity contribution in [1.29, 1.82) is 5.26 Å². The van der Waals surface area contributed by atoms with Gasteiger partial charge in [-0.1, -0.05) is 6.92 Å². The van der Waals surface area contributed by atoms with Crippen LogP contribution in [-0.4, -0.2) is 52.1 Å². The second kappa shape index (κ2) is 5.83. The molecule has 2 heterocycles. The van der Waals surface area contributed by atoms with Crippen LogP contribution in [0.25, 0.3) is 0 Å². The zero-order chi connectivity index (χ0) is 15.6. The van der Waals surface area contributed by atoms with Crippen LogP contribution in [0.4, 0.5) is 4.79 Å². The lowest BCUT2D eigenvalue weighted by atomic mass is 10.1. The van der Waals surface area contributed by atoms with Gasteiger partial charge in [0.05, 0.1) is 6.04 Å². The molecule has 0 saturated carbocycles. The zero-order valence-corrected chi connectivity index (χ0v) is 12.0. The minimum absolute atomic E-state index is 0.0777. The van der Waals surface area contributed by atoms with Gasteiger partial charge in [-0.25, -0.2) is 9.59 Å². The Balaban J connectivity index is 2.09. The van der Waals surface area contributed by atoms with Crippen molar-refractivity contribution in [3.05, 3.63) is 32.6 Å². The third-order valence-electron chi connectivity index (χ3n) is 3.50. The first-order valence-electron chi connectivity index (χ1n) is 6.73. The number of aromatic amines is 1. The average Bonchev–Trinajstić information content (AvgIpc) is 2.39. The van der Waals surface area contributed by atoms with E-state index < -0.39 is 11.2 Å². The highest BCUT2D eigenvalue weighted by atomic mass is 16.2. The smallest absolute Gasteiger partial charge is 0.328 e. The number of nitriles is 1. The topological polar surface area (TPSA) is 102 Å².